The third kappa shape index (κ3) is 2.97. The molecule has 0 fully saturated rings. The fourth-order valence-electron chi connectivity index (χ4n) is 1.62. The Morgan fingerprint density at radius 1 is 1.00 bits per heavy atom. The molecule has 0 amide bonds. The molecule has 2 aromatic rings. The van der Waals surface area contributed by atoms with E-state index in [9.17, 15) is 0 Å². The van der Waals surface area contributed by atoms with Gasteiger partial charge in [-0.1, -0.05) is 43.3 Å². The molecule has 0 radical (unpaired) electrons. The van der Waals surface area contributed by atoms with Crippen molar-refractivity contribution in [3.05, 3.63) is 72.8 Å². The van der Waals surface area contributed by atoms with Crippen LogP contribution in [-0.2, 0) is 0 Å². The Hall–Kier alpha value is -2.02. The van der Waals surface area contributed by atoms with Crippen molar-refractivity contribution in [3.63, 3.8) is 0 Å². The summed E-state index contributed by atoms with van der Waals surface area (Å²) in [4.78, 5) is 0. The van der Waals surface area contributed by atoms with E-state index in [4.69, 9.17) is 4.74 Å². The molecule has 1 nitrogen and oxygen atoms in total. The normalized spacial score (nSPS) is 11.8. The Morgan fingerprint density at radius 2 is 1.71 bits per heavy atom. The Bertz CT molecular complexity index is 488. The first kappa shape index (κ1) is 11.5. The van der Waals surface area contributed by atoms with Crippen LogP contribution in [-0.4, -0.2) is 0 Å². The Balaban J connectivity index is 2.19. The van der Waals surface area contributed by atoms with Gasteiger partial charge in [-0.3, -0.25) is 0 Å². The van der Waals surface area contributed by atoms with Crippen molar-refractivity contribution >= 4 is 0 Å². The van der Waals surface area contributed by atoms with E-state index in [1.165, 1.54) is 5.56 Å². The minimum Gasteiger partial charge on any atom is -0.457 e. The molecule has 0 aromatic heterocycles. The maximum Gasteiger partial charge on any atom is 0.127 e. The van der Waals surface area contributed by atoms with Crippen LogP contribution in [0.3, 0.4) is 0 Å². The molecule has 2 rings (SSSR count). The van der Waals surface area contributed by atoms with Crippen LogP contribution in [0, 0.1) is 0 Å². The van der Waals surface area contributed by atoms with Gasteiger partial charge in [0.2, 0.25) is 0 Å². The fraction of sp³-hybridized carbons (Fsp3) is 0.125. The first-order valence-electron chi connectivity index (χ1n) is 5.75. The highest BCUT2D eigenvalue weighted by atomic mass is 16.5. The SMILES string of the molecule is C=C[C@@H](C)c1cccc(Oc2ccccc2)c1. The van der Waals surface area contributed by atoms with Crippen LogP contribution in [0.15, 0.2) is 67.3 Å². The molecule has 1 heteroatoms. The first-order chi connectivity index (χ1) is 8.29. The van der Waals surface area contributed by atoms with Gasteiger partial charge < -0.3 is 4.74 Å². The summed E-state index contributed by atoms with van der Waals surface area (Å²) in [6.07, 6.45) is 1.93. The molecule has 0 saturated heterocycles. The van der Waals surface area contributed by atoms with Crippen LogP contribution in [0.25, 0.3) is 0 Å². The smallest absolute Gasteiger partial charge is 0.127 e. The monoisotopic (exact) mass is 224 g/mol. The van der Waals surface area contributed by atoms with E-state index in [1.54, 1.807) is 0 Å². The van der Waals surface area contributed by atoms with E-state index in [-0.39, 0.29) is 0 Å². The molecule has 0 spiro atoms. The second-order valence-electron chi connectivity index (χ2n) is 4.01. The van der Waals surface area contributed by atoms with Gasteiger partial charge in [-0.2, -0.15) is 0 Å². The molecule has 0 N–H and O–H groups in total. The Morgan fingerprint density at radius 3 is 2.41 bits per heavy atom. The van der Waals surface area contributed by atoms with Gasteiger partial charge >= 0.3 is 0 Å². The van der Waals surface area contributed by atoms with E-state index < -0.39 is 0 Å². The number of hydrogen-bond donors (Lipinski definition) is 0. The van der Waals surface area contributed by atoms with Gasteiger partial charge in [-0.05, 0) is 35.7 Å². The number of para-hydroxylation sites is 1. The van der Waals surface area contributed by atoms with Crippen LogP contribution in [0.5, 0.6) is 11.5 Å². The average Bonchev–Trinajstić information content (AvgIpc) is 2.39. The second-order valence-corrected chi connectivity index (χ2v) is 4.01. The quantitative estimate of drug-likeness (QED) is 0.680. The average molecular weight is 224 g/mol. The van der Waals surface area contributed by atoms with E-state index in [0.29, 0.717) is 5.92 Å². The summed E-state index contributed by atoms with van der Waals surface area (Å²) >= 11 is 0. The summed E-state index contributed by atoms with van der Waals surface area (Å²) in [5, 5.41) is 0. The predicted octanol–water partition coefficient (Wildman–Crippen LogP) is 4.77. The molecule has 0 aliphatic heterocycles. The van der Waals surface area contributed by atoms with Crippen molar-refractivity contribution in [1.29, 1.82) is 0 Å². The van der Waals surface area contributed by atoms with E-state index in [2.05, 4.69) is 25.6 Å². The molecule has 17 heavy (non-hydrogen) atoms. The maximum absolute atomic E-state index is 5.78. The van der Waals surface area contributed by atoms with Crippen molar-refractivity contribution in [1.82, 2.24) is 0 Å². The minimum absolute atomic E-state index is 0.342. The lowest BCUT2D eigenvalue weighted by Crippen LogP contribution is -1.90. The largest absolute Gasteiger partial charge is 0.457 e. The van der Waals surface area contributed by atoms with Crippen LogP contribution >= 0.6 is 0 Å². The molecule has 0 saturated carbocycles. The van der Waals surface area contributed by atoms with Crippen molar-refractivity contribution < 1.29 is 4.74 Å². The van der Waals surface area contributed by atoms with Crippen LogP contribution in [0.2, 0.25) is 0 Å². The topological polar surface area (TPSA) is 9.23 Å². The number of hydrogen-bond acceptors (Lipinski definition) is 1. The lowest BCUT2D eigenvalue weighted by Gasteiger charge is -2.10. The van der Waals surface area contributed by atoms with E-state index in [0.717, 1.165) is 11.5 Å². The Labute approximate surface area is 102 Å². The summed E-state index contributed by atoms with van der Waals surface area (Å²) in [6, 6.07) is 17.9. The summed E-state index contributed by atoms with van der Waals surface area (Å²) in [5.41, 5.74) is 1.22. The summed E-state index contributed by atoms with van der Waals surface area (Å²) < 4.78 is 5.78. The molecule has 86 valence electrons. The number of rotatable bonds is 4. The molecule has 0 aliphatic rings. The molecule has 0 unspecified atom stereocenters. The summed E-state index contributed by atoms with van der Waals surface area (Å²) in [5.74, 6) is 2.06. The Kier molecular flexibility index (Phi) is 3.61. The summed E-state index contributed by atoms with van der Waals surface area (Å²) in [7, 11) is 0. The highest BCUT2D eigenvalue weighted by Gasteiger charge is 2.03. The fourth-order valence-corrected chi connectivity index (χ4v) is 1.62. The lowest BCUT2D eigenvalue weighted by atomic mass is 10.0. The van der Waals surface area contributed by atoms with Crippen LogP contribution < -0.4 is 4.74 Å². The van der Waals surface area contributed by atoms with Gasteiger partial charge in [0.15, 0.2) is 0 Å². The van der Waals surface area contributed by atoms with Gasteiger partial charge in [0, 0.05) is 0 Å². The zero-order valence-electron chi connectivity index (χ0n) is 9.97. The molecule has 0 bridgehead atoms. The molecular weight excluding hydrogens is 208 g/mol. The molecule has 2 aromatic carbocycles. The van der Waals surface area contributed by atoms with Crippen molar-refractivity contribution in [3.8, 4) is 11.5 Å². The summed E-state index contributed by atoms with van der Waals surface area (Å²) in [6.45, 7) is 5.93. The highest BCUT2D eigenvalue weighted by molar-refractivity contribution is 5.35. The first-order valence-corrected chi connectivity index (χ1v) is 5.75. The molecule has 0 aliphatic carbocycles. The third-order valence-corrected chi connectivity index (χ3v) is 2.72. The van der Waals surface area contributed by atoms with Gasteiger partial charge in [0.25, 0.3) is 0 Å². The van der Waals surface area contributed by atoms with Gasteiger partial charge in [0.05, 0.1) is 0 Å². The van der Waals surface area contributed by atoms with Gasteiger partial charge in [0.1, 0.15) is 11.5 Å². The van der Waals surface area contributed by atoms with E-state index >= 15 is 0 Å². The van der Waals surface area contributed by atoms with Crippen LogP contribution in [0.1, 0.15) is 18.4 Å². The lowest BCUT2D eigenvalue weighted by molar-refractivity contribution is 0.482. The van der Waals surface area contributed by atoms with Gasteiger partial charge in [-0.15, -0.1) is 6.58 Å². The van der Waals surface area contributed by atoms with Crippen LogP contribution in [0.4, 0.5) is 0 Å². The van der Waals surface area contributed by atoms with Crippen molar-refractivity contribution in [2.45, 2.75) is 12.8 Å². The zero-order valence-corrected chi connectivity index (χ0v) is 9.97. The highest BCUT2D eigenvalue weighted by Crippen LogP contribution is 2.25. The zero-order chi connectivity index (χ0) is 12.1. The number of allylic oxidation sites excluding steroid dienone is 1. The number of benzene rings is 2. The number of ether oxygens (including phenoxy) is 1. The van der Waals surface area contributed by atoms with E-state index in [1.807, 2.05) is 48.5 Å². The van der Waals surface area contributed by atoms with Crippen molar-refractivity contribution in [2.75, 3.05) is 0 Å². The minimum atomic E-state index is 0.342. The molecule has 0 heterocycles. The second kappa shape index (κ2) is 5.35. The predicted molar refractivity (Wildman–Crippen MR) is 71.6 cm³/mol. The molecule has 1 atom stereocenters. The standard InChI is InChI=1S/C16H16O/c1-3-13(2)14-8-7-11-16(12-14)17-15-9-5-4-6-10-15/h3-13H,1H2,2H3/t13-/m1/s1. The molecular formula is C16H16O. The maximum atomic E-state index is 5.78. The van der Waals surface area contributed by atoms with Crippen molar-refractivity contribution in [2.24, 2.45) is 0 Å². The third-order valence-electron chi connectivity index (χ3n) is 2.72. The van der Waals surface area contributed by atoms with Gasteiger partial charge in [-0.25, -0.2) is 0 Å².